The lowest BCUT2D eigenvalue weighted by Crippen LogP contribution is -1.89. The highest BCUT2D eigenvalue weighted by Gasteiger charge is 2.25. The highest BCUT2D eigenvalue weighted by Crippen LogP contribution is 2.39. The number of aromatic nitrogens is 1. The standard InChI is InChI=1S/C12H10N2O/c13-6-8-7-14(9-1-2-9)12-5-10(15)3-4-11(8)12/h3-5,7,9,15H,1-2H2. The molecule has 0 bridgehead atoms. The molecule has 3 rings (SSSR count). The highest BCUT2D eigenvalue weighted by atomic mass is 16.3. The lowest BCUT2D eigenvalue weighted by atomic mass is 10.2. The third-order valence-corrected chi connectivity index (χ3v) is 2.88. The monoisotopic (exact) mass is 198 g/mol. The molecule has 1 saturated carbocycles. The minimum absolute atomic E-state index is 0.256. The van der Waals surface area contributed by atoms with E-state index in [4.69, 9.17) is 5.26 Å². The number of hydrogen-bond donors (Lipinski definition) is 1. The average Bonchev–Trinajstić information content (AvgIpc) is 3.00. The molecule has 0 spiro atoms. The van der Waals surface area contributed by atoms with E-state index in [2.05, 4.69) is 10.6 Å². The van der Waals surface area contributed by atoms with Gasteiger partial charge in [-0.1, -0.05) is 0 Å². The molecule has 0 saturated heterocycles. The van der Waals surface area contributed by atoms with Crippen LogP contribution < -0.4 is 0 Å². The van der Waals surface area contributed by atoms with Gasteiger partial charge < -0.3 is 9.67 Å². The van der Waals surface area contributed by atoms with Crippen LogP contribution in [0.5, 0.6) is 5.75 Å². The molecule has 0 atom stereocenters. The van der Waals surface area contributed by atoms with Crippen LogP contribution in [0.4, 0.5) is 0 Å². The second-order valence-electron chi connectivity index (χ2n) is 3.99. The summed E-state index contributed by atoms with van der Waals surface area (Å²) in [5.74, 6) is 0.256. The maximum atomic E-state index is 9.44. The van der Waals surface area contributed by atoms with Crippen molar-refractivity contribution in [1.82, 2.24) is 4.57 Å². The summed E-state index contributed by atoms with van der Waals surface area (Å²) in [6.45, 7) is 0. The Kier molecular flexibility index (Phi) is 1.54. The van der Waals surface area contributed by atoms with Crippen LogP contribution in [0.25, 0.3) is 10.9 Å². The van der Waals surface area contributed by atoms with E-state index in [1.807, 2.05) is 12.3 Å². The number of fused-ring (bicyclic) bond motifs is 1. The Morgan fingerprint density at radius 3 is 2.87 bits per heavy atom. The van der Waals surface area contributed by atoms with E-state index in [1.54, 1.807) is 12.1 Å². The first-order valence-corrected chi connectivity index (χ1v) is 5.03. The maximum absolute atomic E-state index is 9.44. The summed E-state index contributed by atoms with van der Waals surface area (Å²) >= 11 is 0. The Bertz CT molecular complexity index is 573. The molecule has 15 heavy (non-hydrogen) atoms. The molecule has 0 radical (unpaired) electrons. The van der Waals surface area contributed by atoms with Crippen molar-refractivity contribution in [1.29, 1.82) is 5.26 Å². The Morgan fingerprint density at radius 1 is 1.40 bits per heavy atom. The Labute approximate surface area is 87.2 Å². The number of aromatic hydroxyl groups is 1. The fraction of sp³-hybridized carbons (Fsp3) is 0.250. The van der Waals surface area contributed by atoms with Crippen molar-refractivity contribution in [2.75, 3.05) is 0 Å². The molecular formula is C12H10N2O. The summed E-state index contributed by atoms with van der Waals surface area (Å²) < 4.78 is 2.10. The molecule has 74 valence electrons. The molecule has 1 fully saturated rings. The van der Waals surface area contributed by atoms with E-state index in [0.717, 1.165) is 10.9 Å². The van der Waals surface area contributed by atoms with Gasteiger partial charge in [0.05, 0.1) is 11.1 Å². The fourth-order valence-electron chi connectivity index (χ4n) is 1.98. The van der Waals surface area contributed by atoms with E-state index in [1.165, 1.54) is 12.8 Å². The summed E-state index contributed by atoms with van der Waals surface area (Å²) in [5.41, 5.74) is 1.66. The van der Waals surface area contributed by atoms with Crippen LogP contribution in [-0.2, 0) is 0 Å². The van der Waals surface area contributed by atoms with Gasteiger partial charge in [-0.2, -0.15) is 5.26 Å². The smallest absolute Gasteiger partial charge is 0.117 e. The quantitative estimate of drug-likeness (QED) is 0.765. The summed E-state index contributed by atoms with van der Waals surface area (Å²) in [7, 11) is 0. The van der Waals surface area contributed by atoms with Gasteiger partial charge in [0.2, 0.25) is 0 Å². The van der Waals surface area contributed by atoms with Crippen molar-refractivity contribution < 1.29 is 5.11 Å². The second-order valence-corrected chi connectivity index (χ2v) is 3.99. The first-order chi connectivity index (χ1) is 7.29. The SMILES string of the molecule is N#Cc1cn(C2CC2)c2cc(O)ccc12. The average molecular weight is 198 g/mol. The lowest BCUT2D eigenvalue weighted by Gasteiger charge is -2.01. The summed E-state index contributed by atoms with van der Waals surface area (Å²) in [6, 6.07) is 7.88. The summed E-state index contributed by atoms with van der Waals surface area (Å²) in [6.07, 6.45) is 4.23. The zero-order valence-corrected chi connectivity index (χ0v) is 8.14. The number of phenols is 1. The molecular weight excluding hydrogens is 188 g/mol. The molecule has 0 unspecified atom stereocenters. The Balaban J connectivity index is 2.35. The van der Waals surface area contributed by atoms with E-state index in [9.17, 15) is 5.11 Å². The van der Waals surface area contributed by atoms with E-state index in [-0.39, 0.29) is 5.75 Å². The molecule has 0 amide bonds. The number of benzene rings is 1. The highest BCUT2D eigenvalue weighted by molar-refractivity contribution is 5.87. The van der Waals surface area contributed by atoms with Gasteiger partial charge in [0.15, 0.2) is 0 Å². The molecule has 1 aliphatic carbocycles. The largest absolute Gasteiger partial charge is 0.508 e. The molecule has 1 heterocycles. The Hall–Kier alpha value is -1.95. The van der Waals surface area contributed by atoms with Gasteiger partial charge in [-0.3, -0.25) is 0 Å². The van der Waals surface area contributed by atoms with Gasteiger partial charge in [-0.25, -0.2) is 0 Å². The van der Waals surface area contributed by atoms with E-state index >= 15 is 0 Å². The molecule has 1 aromatic heterocycles. The molecule has 1 aliphatic rings. The van der Waals surface area contributed by atoms with Gasteiger partial charge in [0.25, 0.3) is 0 Å². The van der Waals surface area contributed by atoms with Crippen molar-refractivity contribution in [3.05, 3.63) is 30.0 Å². The van der Waals surface area contributed by atoms with Crippen molar-refractivity contribution >= 4 is 10.9 Å². The fourth-order valence-corrected chi connectivity index (χ4v) is 1.98. The number of nitrogens with zero attached hydrogens (tertiary/aromatic N) is 2. The molecule has 0 aliphatic heterocycles. The molecule has 2 aromatic rings. The zero-order valence-electron chi connectivity index (χ0n) is 8.14. The number of hydrogen-bond acceptors (Lipinski definition) is 2. The second kappa shape index (κ2) is 2.77. The van der Waals surface area contributed by atoms with E-state index in [0.29, 0.717) is 11.6 Å². The maximum Gasteiger partial charge on any atom is 0.117 e. The molecule has 1 N–H and O–H groups in total. The first kappa shape index (κ1) is 8.37. The van der Waals surface area contributed by atoms with Crippen molar-refractivity contribution in [2.24, 2.45) is 0 Å². The van der Waals surface area contributed by atoms with Gasteiger partial charge in [-0.05, 0) is 25.0 Å². The third-order valence-electron chi connectivity index (χ3n) is 2.88. The lowest BCUT2D eigenvalue weighted by molar-refractivity contribution is 0.476. The molecule has 3 heteroatoms. The zero-order chi connectivity index (χ0) is 10.4. The topological polar surface area (TPSA) is 49.0 Å². The first-order valence-electron chi connectivity index (χ1n) is 5.03. The van der Waals surface area contributed by atoms with Crippen LogP contribution in [0.3, 0.4) is 0 Å². The minimum Gasteiger partial charge on any atom is -0.508 e. The normalized spacial score (nSPS) is 15.4. The number of phenolic OH excluding ortho intramolecular Hbond substituents is 1. The van der Waals surface area contributed by atoms with Crippen LogP contribution >= 0.6 is 0 Å². The van der Waals surface area contributed by atoms with E-state index < -0.39 is 0 Å². The predicted molar refractivity (Wildman–Crippen MR) is 56.6 cm³/mol. The minimum atomic E-state index is 0.256. The Morgan fingerprint density at radius 2 is 2.20 bits per heavy atom. The van der Waals surface area contributed by atoms with Crippen LogP contribution in [0.15, 0.2) is 24.4 Å². The predicted octanol–water partition coefficient (Wildman–Crippen LogP) is 2.55. The summed E-state index contributed by atoms with van der Waals surface area (Å²) in [4.78, 5) is 0. The van der Waals surface area contributed by atoms with Crippen molar-refractivity contribution in [3.8, 4) is 11.8 Å². The van der Waals surface area contributed by atoms with Gasteiger partial charge in [-0.15, -0.1) is 0 Å². The van der Waals surface area contributed by atoms with Crippen molar-refractivity contribution in [3.63, 3.8) is 0 Å². The summed E-state index contributed by atoms with van der Waals surface area (Å²) in [5, 5.41) is 19.4. The molecule has 1 aromatic carbocycles. The van der Waals surface area contributed by atoms with Crippen LogP contribution in [0.1, 0.15) is 24.4 Å². The molecule has 3 nitrogen and oxygen atoms in total. The number of nitriles is 1. The van der Waals surface area contributed by atoms with Gasteiger partial charge in [0.1, 0.15) is 11.8 Å². The number of rotatable bonds is 1. The van der Waals surface area contributed by atoms with Crippen molar-refractivity contribution in [2.45, 2.75) is 18.9 Å². The van der Waals surface area contributed by atoms with Gasteiger partial charge >= 0.3 is 0 Å². The van der Waals surface area contributed by atoms with Crippen LogP contribution in [0, 0.1) is 11.3 Å². The van der Waals surface area contributed by atoms with Crippen LogP contribution in [-0.4, -0.2) is 9.67 Å². The van der Waals surface area contributed by atoms with Crippen LogP contribution in [0.2, 0.25) is 0 Å². The third kappa shape index (κ3) is 1.18. The van der Waals surface area contributed by atoms with Gasteiger partial charge in [0, 0.05) is 23.7 Å².